The monoisotopic (exact) mass is 241 g/mol. The average molecular weight is 241 g/mol. The number of nitrogens with zero attached hydrogens (tertiary/aromatic N) is 2. The molecule has 4 heteroatoms. The number of aliphatic hydroxyl groups is 1. The van der Waals surface area contributed by atoms with Crippen molar-refractivity contribution in [3.63, 3.8) is 0 Å². The van der Waals surface area contributed by atoms with Gasteiger partial charge < -0.3 is 20.2 Å². The van der Waals surface area contributed by atoms with Gasteiger partial charge in [0.15, 0.2) is 0 Å². The van der Waals surface area contributed by atoms with Gasteiger partial charge in [-0.2, -0.15) is 0 Å². The van der Waals surface area contributed by atoms with E-state index < -0.39 is 0 Å². The Hall–Kier alpha value is -0.160. The average Bonchev–Trinajstić information content (AvgIpc) is 2.39. The zero-order chi connectivity index (χ0) is 12.1. The summed E-state index contributed by atoms with van der Waals surface area (Å²) < 4.78 is 0. The van der Waals surface area contributed by atoms with Crippen LogP contribution in [0.1, 0.15) is 12.8 Å². The molecule has 0 amide bonds. The van der Waals surface area contributed by atoms with Crippen LogP contribution in [-0.4, -0.2) is 74.4 Å². The molecule has 0 aromatic rings. The van der Waals surface area contributed by atoms with E-state index in [2.05, 4.69) is 22.2 Å². The molecule has 2 N–H and O–H groups in total. The fourth-order valence-electron chi connectivity index (χ4n) is 3.03. The summed E-state index contributed by atoms with van der Waals surface area (Å²) in [6.45, 7) is 8.38. The summed E-state index contributed by atoms with van der Waals surface area (Å²) in [5.41, 5.74) is 0. The maximum Gasteiger partial charge on any atom is 0.0474 e. The number of nitrogens with one attached hydrogen (secondary N) is 1. The molecular formula is C13H27N3O. The summed E-state index contributed by atoms with van der Waals surface area (Å²) in [5.74, 6) is 1.21. The van der Waals surface area contributed by atoms with Crippen LogP contribution < -0.4 is 5.32 Å². The quantitative estimate of drug-likeness (QED) is 0.717. The van der Waals surface area contributed by atoms with E-state index in [1.165, 1.54) is 25.9 Å². The van der Waals surface area contributed by atoms with Gasteiger partial charge in [0.2, 0.25) is 0 Å². The molecule has 2 fully saturated rings. The van der Waals surface area contributed by atoms with Crippen LogP contribution in [0.2, 0.25) is 0 Å². The van der Waals surface area contributed by atoms with E-state index in [1.54, 1.807) is 0 Å². The standard InChI is InChI=1S/C13H27N3O/c1-15-6-8-16(9-7-15)10-13(11-17)12-2-4-14-5-3-12/h12-14,17H,2-11H2,1H3. The van der Waals surface area contributed by atoms with Crippen molar-refractivity contribution in [2.75, 3.05) is 59.5 Å². The Morgan fingerprint density at radius 2 is 1.82 bits per heavy atom. The van der Waals surface area contributed by atoms with Gasteiger partial charge in [-0.15, -0.1) is 0 Å². The molecule has 0 aromatic heterocycles. The molecular weight excluding hydrogens is 214 g/mol. The van der Waals surface area contributed by atoms with Crippen LogP contribution >= 0.6 is 0 Å². The summed E-state index contributed by atoms with van der Waals surface area (Å²) >= 11 is 0. The Morgan fingerprint density at radius 3 is 2.41 bits per heavy atom. The molecule has 100 valence electrons. The lowest BCUT2D eigenvalue weighted by Gasteiger charge is -2.37. The van der Waals surface area contributed by atoms with Gasteiger partial charge in [-0.05, 0) is 44.8 Å². The Morgan fingerprint density at radius 1 is 1.18 bits per heavy atom. The van der Waals surface area contributed by atoms with E-state index in [0.717, 1.165) is 38.6 Å². The maximum atomic E-state index is 9.60. The van der Waals surface area contributed by atoms with E-state index in [9.17, 15) is 5.11 Å². The van der Waals surface area contributed by atoms with Crippen molar-refractivity contribution in [1.82, 2.24) is 15.1 Å². The molecule has 2 rings (SSSR count). The third-order valence-corrected chi connectivity index (χ3v) is 4.37. The number of piperidine rings is 1. The second-order valence-electron chi connectivity index (χ2n) is 5.63. The zero-order valence-electron chi connectivity index (χ0n) is 11.1. The van der Waals surface area contributed by atoms with Crippen LogP contribution in [0.5, 0.6) is 0 Å². The fourth-order valence-corrected chi connectivity index (χ4v) is 3.03. The van der Waals surface area contributed by atoms with E-state index in [0.29, 0.717) is 12.5 Å². The highest BCUT2D eigenvalue weighted by molar-refractivity contribution is 4.79. The van der Waals surface area contributed by atoms with Gasteiger partial charge in [0.1, 0.15) is 0 Å². The van der Waals surface area contributed by atoms with Gasteiger partial charge in [0.25, 0.3) is 0 Å². The molecule has 0 bridgehead atoms. The van der Waals surface area contributed by atoms with Crippen LogP contribution in [0, 0.1) is 11.8 Å². The highest BCUT2D eigenvalue weighted by Crippen LogP contribution is 2.23. The lowest BCUT2D eigenvalue weighted by molar-refractivity contribution is 0.0791. The van der Waals surface area contributed by atoms with Crippen molar-refractivity contribution in [2.45, 2.75) is 12.8 Å². The van der Waals surface area contributed by atoms with Crippen molar-refractivity contribution in [2.24, 2.45) is 11.8 Å². The number of likely N-dealkylation sites (N-methyl/N-ethyl adjacent to an activating group) is 1. The molecule has 0 saturated carbocycles. The maximum absolute atomic E-state index is 9.60. The molecule has 0 radical (unpaired) electrons. The van der Waals surface area contributed by atoms with E-state index in [4.69, 9.17) is 0 Å². The van der Waals surface area contributed by atoms with Gasteiger partial charge in [-0.3, -0.25) is 0 Å². The summed E-state index contributed by atoms with van der Waals surface area (Å²) in [6.07, 6.45) is 2.47. The van der Waals surface area contributed by atoms with E-state index in [-0.39, 0.29) is 0 Å². The van der Waals surface area contributed by atoms with Gasteiger partial charge >= 0.3 is 0 Å². The molecule has 2 aliphatic rings. The predicted octanol–water partition coefficient (Wildman–Crippen LogP) is -0.158. The predicted molar refractivity (Wildman–Crippen MR) is 70.1 cm³/mol. The molecule has 0 aromatic carbocycles. The molecule has 17 heavy (non-hydrogen) atoms. The zero-order valence-corrected chi connectivity index (χ0v) is 11.1. The fraction of sp³-hybridized carbons (Fsp3) is 1.00. The van der Waals surface area contributed by atoms with Gasteiger partial charge in [-0.25, -0.2) is 0 Å². The first-order valence-electron chi connectivity index (χ1n) is 7.02. The Bertz CT molecular complexity index is 211. The largest absolute Gasteiger partial charge is 0.396 e. The number of rotatable bonds is 4. The van der Waals surface area contributed by atoms with Crippen molar-refractivity contribution in [3.05, 3.63) is 0 Å². The van der Waals surface area contributed by atoms with Crippen molar-refractivity contribution in [1.29, 1.82) is 0 Å². The van der Waals surface area contributed by atoms with Crippen LogP contribution in [-0.2, 0) is 0 Å². The molecule has 0 aliphatic carbocycles. The van der Waals surface area contributed by atoms with Crippen molar-refractivity contribution >= 4 is 0 Å². The topological polar surface area (TPSA) is 38.7 Å². The van der Waals surface area contributed by atoms with Crippen LogP contribution in [0.25, 0.3) is 0 Å². The van der Waals surface area contributed by atoms with Crippen LogP contribution in [0.15, 0.2) is 0 Å². The third kappa shape index (κ3) is 3.91. The normalized spacial score (nSPS) is 27.2. The van der Waals surface area contributed by atoms with Crippen LogP contribution in [0.3, 0.4) is 0 Å². The van der Waals surface area contributed by atoms with Crippen molar-refractivity contribution < 1.29 is 5.11 Å². The molecule has 1 atom stereocenters. The van der Waals surface area contributed by atoms with Gasteiger partial charge in [-0.1, -0.05) is 0 Å². The number of piperazine rings is 1. The molecule has 0 spiro atoms. The minimum Gasteiger partial charge on any atom is -0.396 e. The highest BCUT2D eigenvalue weighted by atomic mass is 16.3. The van der Waals surface area contributed by atoms with E-state index >= 15 is 0 Å². The third-order valence-electron chi connectivity index (χ3n) is 4.37. The van der Waals surface area contributed by atoms with Crippen molar-refractivity contribution in [3.8, 4) is 0 Å². The molecule has 4 nitrogen and oxygen atoms in total. The van der Waals surface area contributed by atoms with Gasteiger partial charge in [0.05, 0.1) is 0 Å². The summed E-state index contributed by atoms with van der Waals surface area (Å²) in [7, 11) is 2.19. The van der Waals surface area contributed by atoms with E-state index in [1.807, 2.05) is 0 Å². The first kappa shape index (κ1) is 13.3. The SMILES string of the molecule is CN1CCN(CC(CO)C2CCNCC2)CC1. The lowest BCUT2D eigenvalue weighted by atomic mass is 9.85. The number of hydrogen-bond donors (Lipinski definition) is 2. The minimum atomic E-state index is 0.358. The highest BCUT2D eigenvalue weighted by Gasteiger charge is 2.25. The summed E-state index contributed by atoms with van der Waals surface area (Å²) in [4.78, 5) is 4.91. The number of aliphatic hydroxyl groups excluding tert-OH is 1. The minimum absolute atomic E-state index is 0.358. The Balaban J connectivity index is 1.78. The first-order chi connectivity index (χ1) is 8.29. The first-order valence-corrected chi connectivity index (χ1v) is 7.02. The number of hydrogen-bond acceptors (Lipinski definition) is 4. The van der Waals surface area contributed by atoms with Crippen LogP contribution in [0.4, 0.5) is 0 Å². The Kier molecular flexibility index (Phi) is 5.22. The molecule has 2 saturated heterocycles. The molecule has 1 unspecified atom stereocenters. The second-order valence-corrected chi connectivity index (χ2v) is 5.63. The molecule has 2 heterocycles. The summed E-state index contributed by atoms with van der Waals surface area (Å²) in [6, 6.07) is 0. The smallest absolute Gasteiger partial charge is 0.0474 e. The molecule has 2 aliphatic heterocycles. The van der Waals surface area contributed by atoms with Gasteiger partial charge in [0, 0.05) is 39.3 Å². The second kappa shape index (κ2) is 6.69. The lowest BCUT2D eigenvalue weighted by Crippen LogP contribution is -2.48. The Labute approximate surface area is 105 Å². The summed E-state index contributed by atoms with van der Waals surface area (Å²) in [5, 5.41) is 13.0.